The molecule has 1 aromatic carbocycles. The molecule has 0 radical (unpaired) electrons. The van der Waals surface area contributed by atoms with Crippen LogP contribution < -0.4 is 5.32 Å². The van der Waals surface area contributed by atoms with E-state index >= 15 is 0 Å². The van der Waals surface area contributed by atoms with Gasteiger partial charge in [0.05, 0.1) is 19.6 Å². The molecule has 0 unspecified atom stereocenters. The molecule has 132 valence electrons. The van der Waals surface area contributed by atoms with E-state index < -0.39 is 0 Å². The Morgan fingerprint density at radius 2 is 1.79 bits per heavy atom. The molecule has 1 saturated carbocycles. The van der Waals surface area contributed by atoms with Crippen molar-refractivity contribution >= 4 is 21.8 Å². The Labute approximate surface area is 153 Å². The summed E-state index contributed by atoms with van der Waals surface area (Å²) in [5, 5.41) is 3.22. The highest BCUT2D eigenvalue weighted by Crippen LogP contribution is 2.33. The van der Waals surface area contributed by atoms with Crippen LogP contribution in [0.1, 0.15) is 37.7 Å². The predicted molar refractivity (Wildman–Crippen MR) is 99.1 cm³/mol. The first-order valence-electron chi connectivity index (χ1n) is 9.02. The molecule has 1 heterocycles. The van der Waals surface area contributed by atoms with Crippen molar-refractivity contribution in [3.05, 3.63) is 34.3 Å². The van der Waals surface area contributed by atoms with Gasteiger partial charge in [0.2, 0.25) is 5.91 Å². The van der Waals surface area contributed by atoms with Crippen LogP contribution in [0.2, 0.25) is 0 Å². The largest absolute Gasteiger partial charge is 0.379 e. The van der Waals surface area contributed by atoms with Gasteiger partial charge in [0.1, 0.15) is 0 Å². The van der Waals surface area contributed by atoms with Crippen LogP contribution in [0.5, 0.6) is 0 Å². The molecular weight excluding hydrogens is 368 g/mol. The monoisotopic (exact) mass is 394 g/mol. The highest BCUT2D eigenvalue weighted by atomic mass is 79.9. The van der Waals surface area contributed by atoms with Crippen molar-refractivity contribution < 1.29 is 9.53 Å². The molecule has 1 aromatic rings. The number of nitrogens with one attached hydrogen (secondary N) is 1. The molecular formula is C19H27BrN2O2. The smallest absolute Gasteiger partial charge is 0.224 e. The normalized spacial score (nSPS) is 21.4. The number of hydrogen-bond donors (Lipinski definition) is 1. The molecule has 3 rings (SSSR count). The Bertz CT molecular complexity index is 535. The third kappa shape index (κ3) is 4.58. The van der Waals surface area contributed by atoms with Crippen molar-refractivity contribution in [2.24, 2.45) is 0 Å². The summed E-state index contributed by atoms with van der Waals surface area (Å²) in [4.78, 5) is 15.0. The fraction of sp³-hybridized carbons (Fsp3) is 0.632. The zero-order chi connectivity index (χ0) is 16.8. The number of carbonyl (C=O) groups is 1. The fourth-order valence-corrected chi connectivity index (χ4v) is 4.23. The Morgan fingerprint density at radius 1 is 1.12 bits per heavy atom. The van der Waals surface area contributed by atoms with Crippen LogP contribution in [0.25, 0.3) is 0 Å². The maximum absolute atomic E-state index is 12.4. The molecule has 0 atom stereocenters. The van der Waals surface area contributed by atoms with Crippen LogP contribution in [0.15, 0.2) is 28.7 Å². The average Bonchev–Trinajstić information content (AvgIpc) is 2.63. The third-order valence-electron chi connectivity index (χ3n) is 5.36. The zero-order valence-corrected chi connectivity index (χ0v) is 15.8. The van der Waals surface area contributed by atoms with Gasteiger partial charge in [0, 0.05) is 29.6 Å². The summed E-state index contributed by atoms with van der Waals surface area (Å²) in [5.41, 5.74) is 1.19. The summed E-state index contributed by atoms with van der Waals surface area (Å²) in [6, 6.07) is 7.97. The molecule has 1 saturated heterocycles. The van der Waals surface area contributed by atoms with E-state index in [9.17, 15) is 4.79 Å². The number of amides is 1. The summed E-state index contributed by atoms with van der Waals surface area (Å²) in [6.07, 6.45) is 6.67. The summed E-state index contributed by atoms with van der Waals surface area (Å²) < 4.78 is 6.56. The minimum absolute atomic E-state index is 0.121. The lowest BCUT2D eigenvalue weighted by atomic mass is 9.79. The van der Waals surface area contributed by atoms with Crippen molar-refractivity contribution in [1.29, 1.82) is 0 Å². The number of nitrogens with zero attached hydrogens (tertiary/aromatic N) is 1. The lowest BCUT2D eigenvalue weighted by molar-refractivity contribution is -0.121. The van der Waals surface area contributed by atoms with E-state index in [2.05, 4.69) is 26.1 Å². The summed E-state index contributed by atoms with van der Waals surface area (Å²) in [6.45, 7) is 4.37. The lowest BCUT2D eigenvalue weighted by Crippen LogP contribution is -2.59. The Morgan fingerprint density at radius 3 is 2.46 bits per heavy atom. The van der Waals surface area contributed by atoms with Gasteiger partial charge in [0.25, 0.3) is 0 Å². The zero-order valence-electron chi connectivity index (χ0n) is 14.2. The highest BCUT2D eigenvalue weighted by Gasteiger charge is 2.38. The summed E-state index contributed by atoms with van der Waals surface area (Å²) in [7, 11) is 0. The van der Waals surface area contributed by atoms with Crippen molar-refractivity contribution in [3.8, 4) is 0 Å². The number of morpholine rings is 1. The Balaban J connectivity index is 1.58. The number of ether oxygens (including phenoxy) is 1. The molecule has 0 spiro atoms. The standard InChI is InChI=1S/C19H27BrN2O2/c20-17-6-4-16(5-7-17)14-18(23)21-15-19(8-2-1-3-9-19)22-10-12-24-13-11-22/h4-7H,1-3,8-15H2,(H,21,23). The van der Waals surface area contributed by atoms with Gasteiger partial charge >= 0.3 is 0 Å². The maximum atomic E-state index is 12.4. The van der Waals surface area contributed by atoms with E-state index in [4.69, 9.17) is 4.74 Å². The third-order valence-corrected chi connectivity index (χ3v) is 5.89. The summed E-state index contributed by atoms with van der Waals surface area (Å²) in [5.74, 6) is 0.121. The molecule has 1 aliphatic carbocycles. The van der Waals surface area contributed by atoms with Gasteiger partial charge in [-0.3, -0.25) is 9.69 Å². The molecule has 2 aliphatic rings. The number of carbonyl (C=O) groups excluding carboxylic acids is 1. The van der Waals surface area contributed by atoms with Crippen LogP contribution in [0.3, 0.4) is 0 Å². The van der Waals surface area contributed by atoms with E-state index in [0.29, 0.717) is 6.42 Å². The van der Waals surface area contributed by atoms with Gasteiger partial charge < -0.3 is 10.1 Å². The number of hydrogen-bond acceptors (Lipinski definition) is 3. The molecule has 0 bridgehead atoms. The van der Waals surface area contributed by atoms with Gasteiger partial charge in [-0.05, 0) is 30.5 Å². The van der Waals surface area contributed by atoms with Crippen LogP contribution in [0.4, 0.5) is 0 Å². The molecule has 0 aromatic heterocycles. The Kier molecular flexibility index (Phi) is 6.31. The predicted octanol–water partition coefficient (Wildman–Crippen LogP) is 3.14. The highest BCUT2D eigenvalue weighted by molar-refractivity contribution is 9.10. The quantitative estimate of drug-likeness (QED) is 0.833. The van der Waals surface area contributed by atoms with E-state index in [0.717, 1.165) is 42.9 Å². The van der Waals surface area contributed by atoms with Gasteiger partial charge in [-0.2, -0.15) is 0 Å². The van der Waals surface area contributed by atoms with Gasteiger partial charge in [-0.15, -0.1) is 0 Å². The Hall–Kier alpha value is -0.910. The molecule has 1 aliphatic heterocycles. The first-order valence-corrected chi connectivity index (χ1v) is 9.81. The van der Waals surface area contributed by atoms with Crippen molar-refractivity contribution in [3.63, 3.8) is 0 Å². The maximum Gasteiger partial charge on any atom is 0.224 e. The number of halogens is 1. The first-order chi connectivity index (χ1) is 11.7. The van der Waals surface area contributed by atoms with E-state index in [1.54, 1.807) is 0 Å². The second-order valence-electron chi connectivity index (χ2n) is 6.96. The van der Waals surface area contributed by atoms with E-state index in [-0.39, 0.29) is 11.4 Å². The lowest BCUT2D eigenvalue weighted by Gasteiger charge is -2.48. The van der Waals surface area contributed by atoms with Gasteiger partial charge in [-0.1, -0.05) is 47.3 Å². The fourth-order valence-electron chi connectivity index (χ4n) is 3.97. The van der Waals surface area contributed by atoms with Crippen LogP contribution >= 0.6 is 15.9 Å². The van der Waals surface area contributed by atoms with E-state index in [1.807, 2.05) is 24.3 Å². The van der Waals surface area contributed by atoms with Gasteiger partial charge in [-0.25, -0.2) is 0 Å². The number of rotatable bonds is 5. The molecule has 24 heavy (non-hydrogen) atoms. The first kappa shape index (κ1) is 17.9. The SMILES string of the molecule is O=C(Cc1ccc(Br)cc1)NCC1(N2CCOCC2)CCCCC1. The molecule has 1 amide bonds. The van der Waals surface area contributed by atoms with Crippen molar-refractivity contribution in [2.75, 3.05) is 32.8 Å². The second-order valence-corrected chi connectivity index (χ2v) is 7.88. The summed E-state index contributed by atoms with van der Waals surface area (Å²) >= 11 is 3.43. The van der Waals surface area contributed by atoms with Crippen LogP contribution in [-0.2, 0) is 16.0 Å². The van der Waals surface area contributed by atoms with Crippen LogP contribution in [0, 0.1) is 0 Å². The van der Waals surface area contributed by atoms with Crippen LogP contribution in [-0.4, -0.2) is 49.2 Å². The topological polar surface area (TPSA) is 41.6 Å². The molecule has 5 heteroatoms. The minimum Gasteiger partial charge on any atom is -0.379 e. The molecule has 1 N–H and O–H groups in total. The second kappa shape index (κ2) is 8.45. The number of benzene rings is 1. The van der Waals surface area contributed by atoms with Gasteiger partial charge in [0.15, 0.2) is 0 Å². The minimum atomic E-state index is 0.121. The molecule has 2 fully saturated rings. The van der Waals surface area contributed by atoms with Crippen molar-refractivity contribution in [1.82, 2.24) is 10.2 Å². The molecule has 4 nitrogen and oxygen atoms in total. The van der Waals surface area contributed by atoms with Crippen molar-refractivity contribution in [2.45, 2.75) is 44.1 Å². The van der Waals surface area contributed by atoms with E-state index in [1.165, 1.54) is 32.1 Å². The average molecular weight is 395 g/mol.